The molecule has 142 heavy (non-hydrogen) atoms. The number of pyridine rings is 10. The lowest BCUT2D eigenvalue weighted by molar-refractivity contribution is -0.683. The summed E-state index contributed by atoms with van der Waals surface area (Å²) in [6.45, 7) is 8.59. The number of nitrogens with zero attached hydrogens (tertiary/aromatic N) is 10. The van der Waals surface area contributed by atoms with Gasteiger partial charge in [-0.15, -0.1) is 0 Å². The van der Waals surface area contributed by atoms with Gasteiger partial charge < -0.3 is 51.7 Å². The van der Waals surface area contributed by atoms with Gasteiger partial charge in [0.1, 0.15) is 5.69 Å². The minimum Gasteiger partial charge on any atom is -1.00 e. The third-order valence-corrected chi connectivity index (χ3v) is 24.6. The van der Waals surface area contributed by atoms with E-state index < -0.39 is 11.6 Å². The smallest absolute Gasteiger partial charge is 0.494 e. The maximum absolute atomic E-state index is 11.8. The molecule has 0 atom stereocenters. The van der Waals surface area contributed by atoms with Gasteiger partial charge in [-0.25, -0.2) is 19.9 Å². The Balaban J connectivity index is 0.000000170. The molecule has 0 aliphatic carbocycles. The Hall–Kier alpha value is -14.5. The number of carbonyl (C=O) groups is 3. The zero-order valence-electron chi connectivity index (χ0n) is 78.2. The lowest BCUT2D eigenvalue weighted by Gasteiger charge is -2.32. The standard InChI is InChI=1S/C44H30N4.C32H20Br2N4.C18H12Br2O2.C12H17BO2.C12H11N2O.HI.3H3N/c1-3-13-31(14-4-1)33-17-11-19-35(25-33)37-27-41(39-21-7-9-23-45-39)47-43(29-37)44-30-38(28-42(48-44)40-22-8-10-24-46-40)36-20-12-18-34(26-36)32-15-5-2-6-16-32;33-25-9-5-7-21(15-25)23-17-29(27-11-1-3-13-35-27)37-31(19-23)32-20-24(22-8-6-10-26(34)16-22)18-30(38-32)28-12-2-4-14-36-28;19-15-5-1-3-13(11-15)7-9-17(21)18(22)10-8-14-4-2-6-16(20)12-14;1-11(2)12(3,4)15-13(14-11)10-8-6-5-7-9-10;15-12(11-6-2-3-7-13-11)10-14-8-4-1-5-9-14;;;;/h1-30H;1-20H;1-12H;5-9H,1-4H3;1-9H,10H2;1H;3*1H3/q;;;;+1;;;;/p-1/b;;9-7+,10-8+;;;;;;. The van der Waals surface area contributed by atoms with Gasteiger partial charge in [-0.2, -0.15) is 4.57 Å². The molecule has 9 aromatic carbocycles. The third-order valence-electron chi connectivity index (χ3n) is 22.6. The fraction of sp³-hybridized carbons (Fsp3) is 0.0593. The number of ketones is 3. The average molecular weight is 2240 g/mol. The molecule has 0 unspecified atom stereocenters. The highest BCUT2D eigenvalue weighted by Gasteiger charge is 2.51. The molecule has 0 bridgehead atoms. The number of hydrogen-bond acceptors (Lipinski definition) is 17. The molecular weight excluding hydrogens is 2140 g/mol. The Bertz CT molecular complexity index is 7120. The van der Waals surface area contributed by atoms with Crippen LogP contribution in [0, 0.1) is 0 Å². The number of aromatic nitrogens is 10. The van der Waals surface area contributed by atoms with Crippen LogP contribution in [-0.2, 0) is 25.4 Å². The second kappa shape index (κ2) is 51.6. The van der Waals surface area contributed by atoms with Gasteiger partial charge >= 0.3 is 7.12 Å². The number of rotatable bonds is 21. The van der Waals surface area contributed by atoms with E-state index in [0.29, 0.717) is 12.2 Å². The van der Waals surface area contributed by atoms with Crippen molar-refractivity contribution < 1.29 is 52.2 Å². The summed E-state index contributed by atoms with van der Waals surface area (Å²) in [4.78, 5) is 78.2. The number of Topliss-reactive ketones (excluding diaryl/α,β-unsaturated/α-hetero) is 1. The summed E-state index contributed by atoms with van der Waals surface area (Å²) in [6, 6.07) is 131. The van der Waals surface area contributed by atoms with Gasteiger partial charge in [0.05, 0.1) is 79.5 Å². The predicted octanol–water partition coefficient (Wildman–Crippen LogP) is 25.9. The summed E-state index contributed by atoms with van der Waals surface area (Å²) in [7, 11) is -0.240. The van der Waals surface area contributed by atoms with Crippen molar-refractivity contribution in [3.63, 3.8) is 0 Å². The van der Waals surface area contributed by atoms with Gasteiger partial charge in [0.25, 0.3) is 0 Å². The Labute approximate surface area is 878 Å². The Kier molecular flexibility index (Phi) is 38.6. The molecule has 20 rings (SSSR count). The second-order valence-corrected chi connectivity index (χ2v) is 36.6. The van der Waals surface area contributed by atoms with E-state index in [-0.39, 0.29) is 66.5 Å². The monoisotopic (exact) mass is 2230 g/mol. The molecule has 1 aliphatic rings. The first-order valence-corrected chi connectivity index (χ1v) is 47.7. The Morgan fingerprint density at radius 1 is 0.282 bits per heavy atom. The molecular formula is C118H99BBr4IN13O5. The van der Waals surface area contributed by atoms with Crippen LogP contribution in [0.3, 0.4) is 0 Å². The van der Waals surface area contributed by atoms with E-state index in [2.05, 4.69) is 286 Å². The largest absolute Gasteiger partial charge is 1.00 e. The first kappa shape index (κ1) is 106. The maximum Gasteiger partial charge on any atom is 0.494 e. The van der Waals surface area contributed by atoms with Crippen LogP contribution in [-0.4, -0.2) is 80.5 Å². The first-order chi connectivity index (χ1) is 67.2. The summed E-state index contributed by atoms with van der Waals surface area (Å²) in [5.41, 5.74) is 25.3. The molecule has 0 saturated carbocycles. The molecule has 704 valence electrons. The quantitative estimate of drug-likeness (QED) is 0.0150. The molecule has 1 aliphatic heterocycles. The van der Waals surface area contributed by atoms with Gasteiger partial charge in [-0.05, 0) is 293 Å². The van der Waals surface area contributed by atoms with Crippen molar-refractivity contribution in [2.45, 2.75) is 45.4 Å². The van der Waals surface area contributed by atoms with Crippen molar-refractivity contribution in [1.82, 2.24) is 63.3 Å². The summed E-state index contributed by atoms with van der Waals surface area (Å²) in [6.07, 6.45) is 18.3. The lowest BCUT2D eigenvalue weighted by Crippen LogP contribution is -3.00. The lowest BCUT2D eigenvalue weighted by atomic mass is 9.79. The van der Waals surface area contributed by atoms with Crippen LogP contribution < -0.4 is 52.5 Å². The van der Waals surface area contributed by atoms with Crippen LogP contribution >= 0.6 is 63.7 Å². The number of carbonyl (C=O) groups excluding carboxylic acids is 3. The van der Waals surface area contributed by atoms with Crippen molar-refractivity contribution in [2.75, 3.05) is 0 Å². The molecule has 1 fully saturated rings. The summed E-state index contributed by atoms with van der Waals surface area (Å²) >= 11 is 13.9. The zero-order valence-corrected chi connectivity index (χ0v) is 86.7. The normalized spacial score (nSPS) is 11.8. The Morgan fingerprint density at radius 2 is 0.549 bits per heavy atom. The molecule has 11 heterocycles. The number of hydrogen-bond donors (Lipinski definition) is 3. The Morgan fingerprint density at radius 3 is 0.859 bits per heavy atom. The van der Waals surface area contributed by atoms with Crippen LogP contribution in [0.15, 0.2) is 468 Å². The highest BCUT2D eigenvalue weighted by molar-refractivity contribution is 9.11. The van der Waals surface area contributed by atoms with E-state index in [9.17, 15) is 14.4 Å². The van der Waals surface area contributed by atoms with E-state index >= 15 is 0 Å². The highest BCUT2D eigenvalue weighted by atomic mass is 127. The molecule has 24 heteroatoms. The van der Waals surface area contributed by atoms with Crippen LogP contribution in [0.25, 0.3) is 147 Å². The fourth-order valence-corrected chi connectivity index (χ4v) is 16.5. The summed E-state index contributed by atoms with van der Waals surface area (Å²) in [5, 5.41) is 0. The topological polar surface area (TPSA) is 295 Å². The van der Waals surface area contributed by atoms with Crippen LogP contribution in [0.2, 0.25) is 0 Å². The first-order valence-electron chi connectivity index (χ1n) is 44.5. The van der Waals surface area contributed by atoms with Crippen LogP contribution in [0.5, 0.6) is 0 Å². The number of allylic oxidation sites excluding steroid dienone is 2. The molecule has 10 aromatic heterocycles. The van der Waals surface area contributed by atoms with Crippen LogP contribution in [0.4, 0.5) is 0 Å². The highest BCUT2D eigenvalue weighted by Crippen LogP contribution is 2.40. The molecule has 18 nitrogen and oxygen atoms in total. The van der Waals surface area contributed by atoms with Gasteiger partial charge in [-0.3, -0.25) is 39.3 Å². The van der Waals surface area contributed by atoms with E-state index in [4.69, 9.17) is 29.2 Å². The summed E-state index contributed by atoms with van der Waals surface area (Å²) in [5.74, 6) is -1.08. The average Bonchev–Trinajstić information content (AvgIpc) is 1.09. The van der Waals surface area contributed by atoms with Crippen molar-refractivity contribution >= 4 is 106 Å². The SMILES string of the molecule is Brc1cccc(-c2cc(-c3ccccn3)nc(-c3cc(-c4cccc(Br)c4)cc(-c4ccccn4)n3)c2)c1.CC1(C)OB(c2ccccc2)OC1(C)C.N.N.N.O=C(/C=C/c1cccc(Br)c1)C(=O)/C=C/c1cccc(Br)c1.O=C(C[n+]1ccccc1)c1ccccn1.[I-].c1ccc(-c2cccc(-c3cc(-c4ccccn4)nc(-c4cc(-c5cccc(-c6ccccc6)c5)cc(-c5ccccn5)n4)c3)c2)cc1. The van der Waals surface area contributed by atoms with Gasteiger partial charge in [0.2, 0.25) is 23.9 Å². The van der Waals surface area contributed by atoms with E-state index in [1.54, 1.807) is 55.3 Å². The maximum atomic E-state index is 11.8. The minimum atomic E-state index is -0.550. The number of halogens is 5. The van der Waals surface area contributed by atoms with Gasteiger partial charge in [-0.1, -0.05) is 288 Å². The van der Waals surface area contributed by atoms with E-state index in [1.165, 1.54) is 23.3 Å². The zero-order chi connectivity index (χ0) is 95.6. The van der Waals surface area contributed by atoms with Crippen molar-refractivity contribution in [3.05, 3.63) is 485 Å². The molecule has 0 amide bonds. The summed E-state index contributed by atoms with van der Waals surface area (Å²) < 4.78 is 17.6. The predicted molar refractivity (Wildman–Crippen MR) is 585 cm³/mol. The second-order valence-electron chi connectivity index (χ2n) is 33.0. The third kappa shape index (κ3) is 29.1. The van der Waals surface area contributed by atoms with Crippen molar-refractivity contribution in [3.8, 4) is 135 Å². The van der Waals surface area contributed by atoms with Gasteiger partial charge in [0, 0.05) is 61.0 Å². The van der Waals surface area contributed by atoms with Crippen molar-refractivity contribution in [2.24, 2.45) is 0 Å². The minimum absolute atomic E-state index is 0. The van der Waals surface area contributed by atoms with E-state index in [0.717, 1.165) is 158 Å². The van der Waals surface area contributed by atoms with E-state index in [1.807, 2.05) is 229 Å². The molecule has 0 radical (unpaired) electrons. The van der Waals surface area contributed by atoms with Crippen LogP contribution in [0.1, 0.15) is 49.3 Å². The molecule has 1 saturated heterocycles. The molecule has 9 N–H and O–H groups in total. The molecule has 19 aromatic rings. The number of benzene rings is 9. The fourth-order valence-electron chi connectivity index (χ4n) is 14.9. The van der Waals surface area contributed by atoms with Crippen molar-refractivity contribution in [1.29, 1.82) is 0 Å². The molecule has 0 spiro atoms. The van der Waals surface area contributed by atoms with Gasteiger partial charge in [0.15, 0.2) is 12.4 Å².